The van der Waals surface area contributed by atoms with E-state index in [9.17, 15) is 0 Å². The Hall–Kier alpha value is -0.790. The number of unbranched alkanes of at least 4 members (excludes halogenated alkanes) is 20. The third-order valence-electron chi connectivity index (χ3n) is 8.58. The summed E-state index contributed by atoms with van der Waals surface area (Å²) >= 11 is 0. The van der Waals surface area contributed by atoms with Crippen LogP contribution in [-0.4, -0.2) is 9.55 Å². The molecule has 0 radical (unpaired) electrons. The molecule has 2 heteroatoms. The Bertz CT molecular complexity index is 578. The Morgan fingerprint density at radius 3 is 1.30 bits per heavy atom. The van der Waals surface area contributed by atoms with E-state index in [1.165, 1.54) is 173 Å². The Kier molecular flexibility index (Phi) is 23.6. The Morgan fingerprint density at radius 1 is 0.514 bits per heavy atom. The predicted octanol–water partition coefficient (Wildman–Crippen LogP) is 12.7. The minimum absolute atomic E-state index is 0.588. The highest BCUT2D eigenvalue weighted by Gasteiger charge is 2.19. The predicted molar refractivity (Wildman–Crippen MR) is 167 cm³/mol. The van der Waals surface area contributed by atoms with E-state index in [4.69, 9.17) is 4.98 Å². The summed E-state index contributed by atoms with van der Waals surface area (Å²) in [6.07, 6.45) is 40.9. The third kappa shape index (κ3) is 18.2. The number of rotatable bonds is 28. The fourth-order valence-corrected chi connectivity index (χ4v) is 5.99. The van der Waals surface area contributed by atoms with Gasteiger partial charge in [0.1, 0.15) is 5.82 Å². The molecule has 0 saturated heterocycles. The van der Waals surface area contributed by atoms with Crippen molar-refractivity contribution in [1.29, 1.82) is 0 Å². The summed E-state index contributed by atoms with van der Waals surface area (Å²) in [5, 5.41) is 0. The van der Waals surface area contributed by atoms with Gasteiger partial charge in [0.05, 0.1) is 0 Å². The van der Waals surface area contributed by atoms with Crippen molar-refractivity contribution < 1.29 is 0 Å². The number of imidazole rings is 1. The molecule has 1 aromatic heterocycles. The monoisotopic (exact) mass is 517 g/mol. The summed E-state index contributed by atoms with van der Waals surface area (Å²) in [5.41, 5.74) is 0. The standard InChI is InChI=1S/C35H68N2/c1-5-8-11-13-15-17-19-21-23-25-27-30-34(29-26-24-22-20-18-16-14-12-9-6-2)35-36-31-32-37(35)33(4)28-10-7-3/h31-34H,5-30H2,1-4H3. The zero-order valence-corrected chi connectivity index (χ0v) is 26.1. The summed E-state index contributed by atoms with van der Waals surface area (Å²) in [5.74, 6) is 2.05. The quantitative estimate of drug-likeness (QED) is 0.101. The molecule has 0 spiro atoms. The molecular weight excluding hydrogens is 448 g/mol. The van der Waals surface area contributed by atoms with Crippen molar-refractivity contribution >= 4 is 0 Å². The van der Waals surface area contributed by atoms with Crippen LogP contribution in [0.3, 0.4) is 0 Å². The van der Waals surface area contributed by atoms with Gasteiger partial charge in [0, 0.05) is 24.4 Å². The summed E-state index contributed by atoms with van der Waals surface area (Å²) in [6.45, 7) is 9.33. The van der Waals surface area contributed by atoms with Gasteiger partial charge in [-0.05, 0) is 26.2 Å². The van der Waals surface area contributed by atoms with Crippen LogP contribution in [0.2, 0.25) is 0 Å². The van der Waals surface area contributed by atoms with Crippen molar-refractivity contribution in [2.24, 2.45) is 0 Å². The van der Waals surface area contributed by atoms with Crippen LogP contribution < -0.4 is 0 Å². The van der Waals surface area contributed by atoms with Crippen molar-refractivity contribution in [2.75, 3.05) is 0 Å². The molecule has 0 saturated carbocycles. The van der Waals surface area contributed by atoms with Crippen LogP contribution in [0.1, 0.15) is 212 Å². The van der Waals surface area contributed by atoms with Gasteiger partial charge in [0.2, 0.25) is 0 Å². The molecule has 2 atom stereocenters. The smallest absolute Gasteiger partial charge is 0.111 e. The Morgan fingerprint density at radius 2 is 0.892 bits per heavy atom. The van der Waals surface area contributed by atoms with Crippen LogP contribution >= 0.6 is 0 Å². The molecule has 0 N–H and O–H groups in total. The maximum Gasteiger partial charge on any atom is 0.111 e. The lowest BCUT2D eigenvalue weighted by molar-refractivity contribution is 0.417. The maximum absolute atomic E-state index is 4.94. The largest absolute Gasteiger partial charge is 0.332 e. The fraction of sp³-hybridized carbons (Fsp3) is 0.914. The van der Waals surface area contributed by atoms with Crippen LogP contribution in [0.5, 0.6) is 0 Å². The number of aromatic nitrogens is 2. The van der Waals surface area contributed by atoms with E-state index < -0.39 is 0 Å². The average Bonchev–Trinajstić information content (AvgIpc) is 3.40. The zero-order chi connectivity index (χ0) is 26.8. The van der Waals surface area contributed by atoms with Crippen LogP contribution in [0.15, 0.2) is 12.4 Å². The first kappa shape index (κ1) is 34.2. The van der Waals surface area contributed by atoms with E-state index in [0.29, 0.717) is 12.0 Å². The molecule has 0 aliphatic rings. The molecule has 0 aliphatic carbocycles. The van der Waals surface area contributed by atoms with Gasteiger partial charge in [0.15, 0.2) is 0 Å². The highest BCUT2D eigenvalue weighted by Crippen LogP contribution is 2.30. The highest BCUT2D eigenvalue weighted by molar-refractivity contribution is 5.02. The molecule has 0 aromatic carbocycles. The van der Waals surface area contributed by atoms with Crippen molar-refractivity contribution in [3.63, 3.8) is 0 Å². The van der Waals surface area contributed by atoms with Gasteiger partial charge in [-0.3, -0.25) is 0 Å². The minimum Gasteiger partial charge on any atom is -0.332 e. The van der Waals surface area contributed by atoms with Gasteiger partial charge in [0.25, 0.3) is 0 Å². The first-order valence-corrected chi connectivity index (χ1v) is 17.3. The second kappa shape index (κ2) is 25.5. The first-order valence-electron chi connectivity index (χ1n) is 17.3. The van der Waals surface area contributed by atoms with E-state index in [2.05, 4.69) is 44.7 Å². The normalized spacial score (nSPS) is 13.3. The van der Waals surface area contributed by atoms with Gasteiger partial charge < -0.3 is 4.57 Å². The lowest BCUT2D eigenvalue weighted by Gasteiger charge is -2.22. The van der Waals surface area contributed by atoms with E-state index in [0.717, 1.165) is 0 Å². The molecule has 0 amide bonds. The SMILES string of the molecule is CCCCCCCCCCCCCC(CCCCCCCCCCCC)c1nccn1C(C)CCCC. The number of nitrogens with zero attached hydrogens (tertiary/aromatic N) is 2. The molecule has 2 unspecified atom stereocenters. The summed E-state index contributed by atoms with van der Waals surface area (Å²) in [7, 11) is 0. The minimum atomic E-state index is 0.588. The van der Waals surface area contributed by atoms with Gasteiger partial charge in [-0.15, -0.1) is 0 Å². The molecule has 0 bridgehead atoms. The molecular formula is C35H68N2. The van der Waals surface area contributed by atoms with Crippen molar-refractivity contribution in [2.45, 2.75) is 207 Å². The van der Waals surface area contributed by atoms with E-state index >= 15 is 0 Å². The summed E-state index contributed by atoms with van der Waals surface area (Å²) in [4.78, 5) is 4.94. The van der Waals surface area contributed by atoms with Crippen molar-refractivity contribution in [3.05, 3.63) is 18.2 Å². The third-order valence-corrected chi connectivity index (χ3v) is 8.58. The highest BCUT2D eigenvalue weighted by atomic mass is 15.1. The van der Waals surface area contributed by atoms with Gasteiger partial charge in [-0.1, -0.05) is 168 Å². The van der Waals surface area contributed by atoms with Gasteiger partial charge >= 0.3 is 0 Å². The molecule has 1 heterocycles. The van der Waals surface area contributed by atoms with Crippen LogP contribution in [0, 0.1) is 0 Å². The fourth-order valence-electron chi connectivity index (χ4n) is 5.99. The lowest BCUT2D eigenvalue weighted by atomic mass is 9.92. The van der Waals surface area contributed by atoms with E-state index in [-0.39, 0.29) is 0 Å². The molecule has 218 valence electrons. The van der Waals surface area contributed by atoms with Crippen molar-refractivity contribution in [1.82, 2.24) is 9.55 Å². The van der Waals surface area contributed by atoms with Crippen LogP contribution in [-0.2, 0) is 0 Å². The van der Waals surface area contributed by atoms with E-state index in [1.54, 1.807) is 0 Å². The lowest BCUT2D eigenvalue weighted by Crippen LogP contribution is -2.13. The number of hydrogen-bond acceptors (Lipinski definition) is 1. The summed E-state index contributed by atoms with van der Waals surface area (Å²) in [6, 6.07) is 0.588. The second-order valence-corrected chi connectivity index (χ2v) is 12.2. The van der Waals surface area contributed by atoms with Gasteiger partial charge in [-0.2, -0.15) is 0 Å². The molecule has 1 aromatic rings. The second-order valence-electron chi connectivity index (χ2n) is 12.2. The molecule has 1 rings (SSSR count). The summed E-state index contributed by atoms with van der Waals surface area (Å²) < 4.78 is 2.54. The molecule has 0 aliphatic heterocycles. The maximum atomic E-state index is 4.94. The van der Waals surface area contributed by atoms with Crippen molar-refractivity contribution in [3.8, 4) is 0 Å². The van der Waals surface area contributed by atoms with Gasteiger partial charge in [-0.25, -0.2) is 4.98 Å². The first-order chi connectivity index (χ1) is 18.2. The molecule has 37 heavy (non-hydrogen) atoms. The average molecular weight is 517 g/mol. The van der Waals surface area contributed by atoms with Crippen LogP contribution in [0.4, 0.5) is 0 Å². The topological polar surface area (TPSA) is 17.8 Å². The van der Waals surface area contributed by atoms with E-state index in [1.807, 2.05) is 0 Å². The Balaban J connectivity index is 2.37. The molecule has 2 nitrogen and oxygen atoms in total. The zero-order valence-electron chi connectivity index (χ0n) is 26.1. The van der Waals surface area contributed by atoms with Crippen LogP contribution in [0.25, 0.3) is 0 Å². The molecule has 0 fully saturated rings. The Labute approximate surface area is 234 Å². The number of hydrogen-bond donors (Lipinski definition) is 0.